The molecule has 1 aromatic heterocycles. The molecule has 1 fully saturated rings. The molecule has 1 N–H and O–H groups in total. The Bertz CT molecular complexity index is 375. The number of hydrogen-bond donors (Lipinski definition) is 1. The fraction of sp³-hybridized carbons (Fsp3) is 0.769. The highest BCUT2D eigenvalue weighted by atomic mass is 16.5. The minimum Gasteiger partial charge on any atom is -0.374 e. The molecule has 1 aliphatic rings. The molecule has 102 valence electrons. The zero-order valence-corrected chi connectivity index (χ0v) is 11.6. The Morgan fingerprint density at radius 3 is 3.11 bits per heavy atom. The van der Waals surface area contributed by atoms with Crippen LogP contribution in [0.5, 0.6) is 0 Å². The van der Waals surface area contributed by atoms with E-state index in [2.05, 4.69) is 39.9 Å². The molecule has 5 nitrogen and oxygen atoms in total. The normalized spacial score (nSPS) is 21.4. The summed E-state index contributed by atoms with van der Waals surface area (Å²) in [6.07, 6.45) is 0.308. The lowest BCUT2D eigenvalue weighted by Gasteiger charge is -2.32. The summed E-state index contributed by atoms with van der Waals surface area (Å²) in [5.74, 6) is 0. The van der Waals surface area contributed by atoms with Gasteiger partial charge in [0.25, 0.3) is 0 Å². The van der Waals surface area contributed by atoms with Crippen LogP contribution in [0.4, 0.5) is 0 Å². The first-order chi connectivity index (χ1) is 8.72. The van der Waals surface area contributed by atoms with Crippen LogP contribution in [-0.2, 0) is 17.8 Å². The highest BCUT2D eigenvalue weighted by Crippen LogP contribution is 2.11. The summed E-state index contributed by atoms with van der Waals surface area (Å²) in [4.78, 5) is 2.45. The van der Waals surface area contributed by atoms with Gasteiger partial charge in [0.05, 0.1) is 24.1 Å². The van der Waals surface area contributed by atoms with E-state index in [0.717, 1.165) is 45.0 Å². The van der Waals surface area contributed by atoms with Crippen LogP contribution in [0.25, 0.3) is 0 Å². The average Bonchev–Trinajstić information content (AvgIpc) is 2.70. The number of likely N-dealkylation sites (N-methyl/N-ethyl adjacent to an activating group) is 1. The van der Waals surface area contributed by atoms with Gasteiger partial charge in [-0.15, -0.1) is 0 Å². The van der Waals surface area contributed by atoms with E-state index in [1.165, 1.54) is 5.69 Å². The van der Waals surface area contributed by atoms with Gasteiger partial charge in [0.2, 0.25) is 0 Å². The summed E-state index contributed by atoms with van der Waals surface area (Å²) in [5.41, 5.74) is 2.41. The molecule has 1 atom stereocenters. The monoisotopic (exact) mass is 252 g/mol. The number of rotatable bonds is 5. The van der Waals surface area contributed by atoms with Crippen LogP contribution in [0.15, 0.2) is 6.07 Å². The van der Waals surface area contributed by atoms with Crippen molar-refractivity contribution < 1.29 is 4.74 Å². The molecule has 1 aromatic rings. The maximum atomic E-state index is 5.72. The Kier molecular flexibility index (Phi) is 4.74. The zero-order valence-electron chi connectivity index (χ0n) is 11.6. The second-order valence-corrected chi connectivity index (χ2v) is 4.88. The number of morpholine rings is 1. The molecule has 0 aromatic carbocycles. The Balaban J connectivity index is 1.95. The van der Waals surface area contributed by atoms with Gasteiger partial charge in [0, 0.05) is 32.7 Å². The fourth-order valence-electron chi connectivity index (χ4n) is 2.50. The lowest BCUT2D eigenvalue weighted by Crippen LogP contribution is -2.45. The molecule has 0 radical (unpaired) electrons. The molecular weight excluding hydrogens is 228 g/mol. The molecule has 2 rings (SSSR count). The molecule has 0 spiro atoms. The van der Waals surface area contributed by atoms with Crippen molar-refractivity contribution >= 4 is 0 Å². The standard InChI is InChI=1S/C13H24N4O/c1-4-17-12(7-11(2)15-17)9-16-5-6-18-13(10-16)8-14-3/h7,13-14H,4-6,8-10H2,1-3H3. The van der Waals surface area contributed by atoms with E-state index >= 15 is 0 Å². The first-order valence-electron chi connectivity index (χ1n) is 6.74. The zero-order chi connectivity index (χ0) is 13.0. The molecule has 0 aliphatic carbocycles. The molecule has 2 heterocycles. The van der Waals surface area contributed by atoms with Crippen molar-refractivity contribution in [1.82, 2.24) is 20.0 Å². The van der Waals surface area contributed by atoms with Crippen LogP contribution in [0.2, 0.25) is 0 Å². The highest BCUT2D eigenvalue weighted by molar-refractivity contribution is 5.09. The molecule has 18 heavy (non-hydrogen) atoms. The van der Waals surface area contributed by atoms with E-state index in [-0.39, 0.29) is 0 Å². The van der Waals surface area contributed by atoms with Crippen LogP contribution < -0.4 is 5.32 Å². The van der Waals surface area contributed by atoms with Gasteiger partial charge < -0.3 is 10.1 Å². The minimum atomic E-state index is 0.308. The average molecular weight is 252 g/mol. The van der Waals surface area contributed by atoms with Crippen LogP contribution in [0.1, 0.15) is 18.3 Å². The van der Waals surface area contributed by atoms with Gasteiger partial charge in [0.15, 0.2) is 0 Å². The van der Waals surface area contributed by atoms with Gasteiger partial charge in [-0.3, -0.25) is 9.58 Å². The van der Waals surface area contributed by atoms with E-state index in [1.54, 1.807) is 0 Å². The summed E-state index contributed by atoms with van der Waals surface area (Å²) >= 11 is 0. The molecule has 0 bridgehead atoms. The number of ether oxygens (including phenoxy) is 1. The van der Waals surface area contributed by atoms with Crippen LogP contribution in [0, 0.1) is 6.92 Å². The Morgan fingerprint density at radius 2 is 2.39 bits per heavy atom. The van der Waals surface area contributed by atoms with Gasteiger partial charge in [-0.05, 0) is 27.0 Å². The van der Waals surface area contributed by atoms with Crippen LogP contribution >= 0.6 is 0 Å². The van der Waals surface area contributed by atoms with E-state index in [9.17, 15) is 0 Å². The quantitative estimate of drug-likeness (QED) is 0.835. The number of aryl methyl sites for hydroxylation is 2. The topological polar surface area (TPSA) is 42.3 Å². The Labute approximate surface area is 109 Å². The second kappa shape index (κ2) is 6.31. The maximum absolute atomic E-state index is 5.72. The summed E-state index contributed by atoms with van der Waals surface area (Å²) in [7, 11) is 1.97. The van der Waals surface area contributed by atoms with E-state index in [0.29, 0.717) is 6.10 Å². The number of hydrogen-bond acceptors (Lipinski definition) is 4. The molecule has 0 amide bonds. The van der Waals surface area contributed by atoms with Crippen molar-refractivity contribution in [2.24, 2.45) is 0 Å². The molecule has 1 aliphatic heterocycles. The van der Waals surface area contributed by atoms with Crippen molar-refractivity contribution in [2.75, 3.05) is 33.3 Å². The van der Waals surface area contributed by atoms with Crippen LogP contribution in [0.3, 0.4) is 0 Å². The largest absolute Gasteiger partial charge is 0.374 e. The second-order valence-electron chi connectivity index (χ2n) is 4.88. The van der Waals surface area contributed by atoms with E-state index < -0.39 is 0 Å². The van der Waals surface area contributed by atoms with Crippen molar-refractivity contribution in [3.63, 3.8) is 0 Å². The molecule has 1 unspecified atom stereocenters. The van der Waals surface area contributed by atoms with Gasteiger partial charge >= 0.3 is 0 Å². The SMILES string of the molecule is CCn1nc(C)cc1CN1CCOC(CNC)C1. The Morgan fingerprint density at radius 1 is 1.56 bits per heavy atom. The van der Waals surface area contributed by atoms with E-state index in [4.69, 9.17) is 4.74 Å². The lowest BCUT2D eigenvalue weighted by atomic mass is 10.2. The molecular formula is C13H24N4O. The summed E-state index contributed by atoms with van der Waals surface area (Å²) in [6.45, 7) is 9.85. The number of aromatic nitrogens is 2. The summed E-state index contributed by atoms with van der Waals surface area (Å²) < 4.78 is 7.82. The minimum absolute atomic E-state index is 0.308. The lowest BCUT2D eigenvalue weighted by molar-refractivity contribution is -0.0298. The Hall–Kier alpha value is -0.910. The van der Waals surface area contributed by atoms with Gasteiger partial charge in [-0.2, -0.15) is 5.10 Å². The predicted octanol–water partition coefficient (Wildman–Crippen LogP) is 0.632. The molecule has 0 saturated carbocycles. The van der Waals surface area contributed by atoms with Crippen molar-refractivity contribution in [1.29, 1.82) is 0 Å². The number of nitrogens with zero attached hydrogens (tertiary/aromatic N) is 3. The van der Waals surface area contributed by atoms with Gasteiger partial charge in [-0.25, -0.2) is 0 Å². The third-order valence-corrected chi connectivity index (χ3v) is 3.33. The highest BCUT2D eigenvalue weighted by Gasteiger charge is 2.20. The third-order valence-electron chi connectivity index (χ3n) is 3.33. The maximum Gasteiger partial charge on any atom is 0.0826 e. The fourth-order valence-corrected chi connectivity index (χ4v) is 2.50. The number of nitrogens with one attached hydrogen (secondary N) is 1. The van der Waals surface area contributed by atoms with Gasteiger partial charge in [-0.1, -0.05) is 0 Å². The van der Waals surface area contributed by atoms with E-state index in [1.807, 2.05) is 7.05 Å². The van der Waals surface area contributed by atoms with Crippen LogP contribution in [-0.4, -0.2) is 54.1 Å². The predicted molar refractivity (Wildman–Crippen MR) is 71.6 cm³/mol. The molecule has 1 saturated heterocycles. The van der Waals surface area contributed by atoms with Crippen molar-refractivity contribution in [3.05, 3.63) is 17.5 Å². The smallest absolute Gasteiger partial charge is 0.0826 e. The summed E-state index contributed by atoms with van der Waals surface area (Å²) in [5, 5.41) is 7.68. The molecule has 5 heteroatoms. The summed E-state index contributed by atoms with van der Waals surface area (Å²) in [6, 6.07) is 2.19. The third kappa shape index (κ3) is 3.31. The van der Waals surface area contributed by atoms with Crippen molar-refractivity contribution in [3.8, 4) is 0 Å². The first-order valence-corrected chi connectivity index (χ1v) is 6.74. The van der Waals surface area contributed by atoms with Crippen molar-refractivity contribution in [2.45, 2.75) is 33.0 Å². The first kappa shape index (κ1) is 13.5. The van der Waals surface area contributed by atoms with Gasteiger partial charge in [0.1, 0.15) is 0 Å².